The molecule has 1 aliphatic carbocycles. The lowest BCUT2D eigenvalue weighted by Gasteiger charge is -2.29. The van der Waals surface area contributed by atoms with Crippen molar-refractivity contribution in [1.82, 2.24) is 14.9 Å². The fourth-order valence-electron chi connectivity index (χ4n) is 3.26. The number of aryl methyl sites for hydroxylation is 1. The van der Waals surface area contributed by atoms with Gasteiger partial charge in [0, 0.05) is 42.9 Å². The third-order valence-corrected chi connectivity index (χ3v) is 5.56. The van der Waals surface area contributed by atoms with Crippen LogP contribution in [-0.2, 0) is 7.05 Å². The molecule has 2 heterocycles. The summed E-state index contributed by atoms with van der Waals surface area (Å²) in [5.74, 6) is 1.03. The molecule has 5 heteroatoms. The van der Waals surface area contributed by atoms with Crippen LogP contribution in [0.25, 0.3) is 0 Å². The van der Waals surface area contributed by atoms with E-state index in [2.05, 4.69) is 32.4 Å². The standard InChI is InChI=1S/C16H23N3OS/c1-19-9-8-17-15(19)14(13-5-4-10-21-13)18-11-16(12-20)6-2-3-7-16/h4-5,8-10,14,18,20H,2-3,6-7,11-12H2,1H3. The van der Waals surface area contributed by atoms with Gasteiger partial charge < -0.3 is 15.0 Å². The van der Waals surface area contributed by atoms with Crippen molar-refractivity contribution in [2.75, 3.05) is 13.2 Å². The van der Waals surface area contributed by atoms with E-state index in [1.54, 1.807) is 11.3 Å². The minimum atomic E-state index is 0.0562. The Morgan fingerprint density at radius 3 is 2.86 bits per heavy atom. The SMILES string of the molecule is Cn1ccnc1C(NCC1(CO)CCCC1)c1cccs1. The molecule has 2 N–H and O–H groups in total. The van der Waals surface area contributed by atoms with Crippen LogP contribution in [0.2, 0.25) is 0 Å². The third-order valence-electron chi connectivity index (χ3n) is 4.63. The highest BCUT2D eigenvalue weighted by molar-refractivity contribution is 7.10. The third kappa shape index (κ3) is 3.05. The molecule has 21 heavy (non-hydrogen) atoms. The first-order valence-electron chi connectivity index (χ1n) is 7.59. The van der Waals surface area contributed by atoms with Gasteiger partial charge in [0.15, 0.2) is 0 Å². The number of aromatic nitrogens is 2. The number of rotatable bonds is 6. The van der Waals surface area contributed by atoms with Crippen molar-refractivity contribution in [1.29, 1.82) is 0 Å². The highest BCUT2D eigenvalue weighted by Crippen LogP contribution is 2.38. The Balaban J connectivity index is 1.79. The van der Waals surface area contributed by atoms with Crippen LogP contribution >= 0.6 is 11.3 Å². The maximum Gasteiger partial charge on any atom is 0.131 e. The number of nitrogens with zero attached hydrogens (tertiary/aromatic N) is 2. The summed E-state index contributed by atoms with van der Waals surface area (Å²) in [5.41, 5.74) is 0.0562. The number of imidazole rings is 1. The second-order valence-corrected chi connectivity index (χ2v) is 7.07. The molecular weight excluding hydrogens is 282 g/mol. The van der Waals surface area contributed by atoms with Gasteiger partial charge in [-0.15, -0.1) is 11.3 Å². The highest BCUT2D eigenvalue weighted by Gasteiger charge is 2.34. The van der Waals surface area contributed by atoms with Crippen molar-refractivity contribution in [2.45, 2.75) is 31.7 Å². The minimum absolute atomic E-state index is 0.0562. The Kier molecular flexibility index (Phi) is 4.42. The van der Waals surface area contributed by atoms with Crippen molar-refractivity contribution in [3.8, 4) is 0 Å². The zero-order valence-corrected chi connectivity index (χ0v) is 13.3. The van der Waals surface area contributed by atoms with Crippen LogP contribution in [0.4, 0.5) is 0 Å². The van der Waals surface area contributed by atoms with Gasteiger partial charge in [-0.25, -0.2) is 4.98 Å². The second-order valence-electron chi connectivity index (χ2n) is 6.09. The van der Waals surface area contributed by atoms with E-state index in [1.165, 1.54) is 17.7 Å². The van der Waals surface area contributed by atoms with Crippen LogP contribution in [0, 0.1) is 5.41 Å². The first-order chi connectivity index (χ1) is 10.2. The van der Waals surface area contributed by atoms with Gasteiger partial charge in [-0.05, 0) is 24.3 Å². The molecule has 1 atom stereocenters. The maximum atomic E-state index is 9.79. The lowest BCUT2D eigenvalue weighted by Crippen LogP contribution is -2.38. The molecule has 0 bridgehead atoms. The lowest BCUT2D eigenvalue weighted by atomic mass is 9.87. The Morgan fingerprint density at radius 2 is 2.29 bits per heavy atom. The predicted molar refractivity (Wildman–Crippen MR) is 85.4 cm³/mol. The first kappa shape index (κ1) is 14.8. The van der Waals surface area contributed by atoms with Crippen molar-refractivity contribution in [2.24, 2.45) is 12.5 Å². The molecular formula is C16H23N3OS. The van der Waals surface area contributed by atoms with E-state index in [4.69, 9.17) is 0 Å². The Morgan fingerprint density at radius 1 is 1.48 bits per heavy atom. The molecule has 1 saturated carbocycles. The number of aliphatic hydroxyl groups excluding tert-OH is 1. The van der Waals surface area contributed by atoms with Gasteiger partial charge in [0.2, 0.25) is 0 Å². The zero-order chi connectivity index (χ0) is 14.7. The largest absolute Gasteiger partial charge is 0.396 e. The Hall–Kier alpha value is -1.17. The Labute approximate surface area is 129 Å². The predicted octanol–water partition coefficient (Wildman–Crippen LogP) is 2.71. The summed E-state index contributed by atoms with van der Waals surface area (Å²) in [5, 5.41) is 15.6. The fraction of sp³-hybridized carbons (Fsp3) is 0.562. The van der Waals surface area contributed by atoms with E-state index in [1.807, 2.05) is 19.4 Å². The molecule has 2 aromatic rings. The summed E-state index contributed by atoms with van der Waals surface area (Å²) in [6.45, 7) is 1.12. The molecule has 114 valence electrons. The molecule has 0 spiro atoms. The first-order valence-corrected chi connectivity index (χ1v) is 8.47. The molecule has 1 fully saturated rings. The van der Waals surface area contributed by atoms with E-state index in [0.717, 1.165) is 25.2 Å². The molecule has 0 aromatic carbocycles. The van der Waals surface area contributed by atoms with Crippen LogP contribution < -0.4 is 5.32 Å². The molecule has 1 aliphatic rings. The van der Waals surface area contributed by atoms with Gasteiger partial charge >= 0.3 is 0 Å². The summed E-state index contributed by atoms with van der Waals surface area (Å²) in [6, 6.07) is 4.33. The maximum absolute atomic E-state index is 9.79. The monoisotopic (exact) mass is 305 g/mol. The van der Waals surface area contributed by atoms with Crippen molar-refractivity contribution < 1.29 is 5.11 Å². The summed E-state index contributed by atoms with van der Waals surface area (Å²) in [7, 11) is 2.03. The summed E-state index contributed by atoms with van der Waals surface area (Å²) in [6.07, 6.45) is 8.52. The molecule has 0 amide bonds. The Bertz CT molecular complexity index is 558. The van der Waals surface area contributed by atoms with Crippen LogP contribution in [-0.4, -0.2) is 27.8 Å². The van der Waals surface area contributed by atoms with Crippen molar-refractivity contribution in [3.63, 3.8) is 0 Å². The van der Waals surface area contributed by atoms with E-state index < -0.39 is 0 Å². The van der Waals surface area contributed by atoms with E-state index in [0.29, 0.717) is 0 Å². The van der Waals surface area contributed by atoms with E-state index >= 15 is 0 Å². The van der Waals surface area contributed by atoms with Crippen LogP contribution in [0.15, 0.2) is 29.9 Å². The lowest BCUT2D eigenvalue weighted by molar-refractivity contribution is 0.126. The number of nitrogens with one attached hydrogen (secondary N) is 1. The van der Waals surface area contributed by atoms with E-state index in [-0.39, 0.29) is 18.1 Å². The number of thiophene rings is 1. The molecule has 0 aliphatic heterocycles. The van der Waals surface area contributed by atoms with Crippen LogP contribution in [0.3, 0.4) is 0 Å². The van der Waals surface area contributed by atoms with Crippen LogP contribution in [0.1, 0.15) is 42.4 Å². The topological polar surface area (TPSA) is 50.1 Å². The second kappa shape index (κ2) is 6.30. The molecule has 3 rings (SSSR count). The van der Waals surface area contributed by atoms with Gasteiger partial charge in [-0.3, -0.25) is 0 Å². The molecule has 0 radical (unpaired) electrons. The summed E-state index contributed by atoms with van der Waals surface area (Å²) >= 11 is 1.75. The van der Waals surface area contributed by atoms with Gasteiger partial charge in [0.05, 0.1) is 0 Å². The minimum Gasteiger partial charge on any atom is -0.396 e. The smallest absolute Gasteiger partial charge is 0.131 e. The number of aliphatic hydroxyl groups is 1. The molecule has 1 unspecified atom stereocenters. The van der Waals surface area contributed by atoms with Gasteiger partial charge in [-0.1, -0.05) is 18.9 Å². The zero-order valence-electron chi connectivity index (χ0n) is 12.5. The summed E-state index contributed by atoms with van der Waals surface area (Å²) < 4.78 is 2.07. The normalized spacial score (nSPS) is 19.0. The number of hydrogen-bond donors (Lipinski definition) is 2. The average Bonchev–Trinajstić information content (AvgIpc) is 3.22. The highest BCUT2D eigenvalue weighted by atomic mass is 32.1. The molecule has 4 nitrogen and oxygen atoms in total. The summed E-state index contributed by atoms with van der Waals surface area (Å²) in [4.78, 5) is 5.78. The van der Waals surface area contributed by atoms with Crippen molar-refractivity contribution in [3.05, 3.63) is 40.6 Å². The quantitative estimate of drug-likeness (QED) is 0.863. The van der Waals surface area contributed by atoms with Crippen molar-refractivity contribution >= 4 is 11.3 Å². The number of hydrogen-bond acceptors (Lipinski definition) is 4. The fourth-order valence-corrected chi connectivity index (χ4v) is 4.06. The molecule has 2 aromatic heterocycles. The van der Waals surface area contributed by atoms with Gasteiger partial charge in [0.1, 0.15) is 11.9 Å². The van der Waals surface area contributed by atoms with Gasteiger partial charge in [0.25, 0.3) is 0 Å². The molecule has 0 saturated heterocycles. The van der Waals surface area contributed by atoms with Gasteiger partial charge in [-0.2, -0.15) is 0 Å². The van der Waals surface area contributed by atoms with E-state index in [9.17, 15) is 5.11 Å². The van der Waals surface area contributed by atoms with Crippen LogP contribution in [0.5, 0.6) is 0 Å². The average molecular weight is 305 g/mol.